The van der Waals surface area contributed by atoms with E-state index in [4.69, 9.17) is 9.47 Å². The summed E-state index contributed by atoms with van der Waals surface area (Å²) in [6, 6.07) is 10.4. The minimum atomic E-state index is -0.287. The quantitative estimate of drug-likeness (QED) is 0.389. The molecule has 1 aromatic carbocycles. The third-order valence-electron chi connectivity index (χ3n) is 6.68. The molecule has 0 fully saturated rings. The van der Waals surface area contributed by atoms with E-state index < -0.39 is 0 Å². The highest BCUT2D eigenvalue weighted by atomic mass is 32.1. The van der Waals surface area contributed by atoms with E-state index in [1.807, 2.05) is 51.8 Å². The lowest BCUT2D eigenvalue weighted by Gasteiger charge is -2.33. The number of carbonyl (C=O) groups excluding carboxylic acids is 2. The van der Waals surface area contributed by atoms with E-state index in [0.29, 0.717) is 25.1 Å². The van der Waals surface area contributed by atoms with Crippen LogP contribution in [-0.2, 0) is 28.9 Å². The number of nitrogens with zero attached hydrogens (tertiary/aromatic N) is 2. The van der Waals surface area contributed by atoms with Crippen LogP contribution in [0.2, 0.25) is 0 Å². The normalized spacial score (nSPS) is 12.6. The number of thiophene rings is 1. The zero-order valence-electron chi connectivity index (χ0n) is 21.4. The van der Waals surface area contributed by atoms with E-state index in [0.717, 1.165) is 46.0 Å². The molecule has 0 N–H and O–H groups in total. The van der Waals surface area contributed by atoms with E-state index in [1.54, 1.807) is 18.4 Å². The Morgan fingerprint density at radius 1 is 1.17 bits per heavy atom. The Bertz CT molecular complexity index is 1230. The SMILES string of the molecule is CCOC(=O)CCc1cc2c(cc1OC)CCn1c(C(=O)N(C)C(C)(C)C)cc(-c3cccs3)c1-2. The molecule has 0 saturated carbocycles. The fourth-order valence-electron chi connectivity index (χ4n) is 4.53. The number of methoxy groups -OCH3 is 1. The second-order valence-electron chi connectivity index (χ2n) is 9.83. The largest absolute Gasteiger partial charge is 0.496 e. The molecule has 2 aromatic heterocycles. The summed E-state index contributed by atoms with van der Waals surface area (Å²) in [5, 5.41) is 2.06. The standard InChI is InChI=1S/C28H34N2O4S/c1-7-34-25(31)11-10-19-15-20-18(16-23(19)33-6)12-13-30-22(27(32)29(5)28(2,3)4)17-21(26(20)30)24-9-8-14-35-24/h8-9,14-17H,7,10-13H2,1-6H3. The predicted octanol–water partition coefficient (Wildman–Crippen LogP) is 5.81. The maximum absolute atomic E-state index is 13.6. The van der Waals surface area contributed by atoms with Crippen molar-refractivity contribution in [2.45, 2.75) is 59.0 Å². The molecule has 35 heavy (non-hydrogen) atoms. The van der Waals surface area contributed by atoms with Crippen LogP contribution in [-0.4, -0.2) is 47.6 Å². The van der Waals surface area contributed by atoms with E-state index in [9.17, 15) is 9.59 Å². The van der Waals surface area contributed by atoms with Crippen LogP contribution in [0.3, 0.4) is 0 Å². The number of hydrogen-bond donors (Lipinski definition) is 0. The van der Waals surface area contributed by atoms with Gasteiger partial charge in [0, 0.05) is 41.6 Å². The molecule has 1 aliphatic heterocycles. The van der Waals surface area contributed by atoms with Crippen LogP contribution in [0, 0.1) is 0 Å². The van der Waals surface area contributed by atoms with Gasteiger partial charge in [-0.1, -0.05) is 6.07 Å². The van der Waals surface area contributed by atoms with Crippen LogP contribution >= 0.6 is 11.3 Å². The van der Waals surface area contributed by atoms with Crippen molar-refractivity contribution < 1.29 is 19.1 Å². The number of ether oxygens (including phenoxy) is 2. The van der Waals surface area contributed by atoms with Crippen molar-refractivity contribution in [3.63, 3.8) is 0 Å². The fraction of sp³-hybridized carbons (Fsp3) is 0.429. The van der Waals surface area contributed by atoms with Crippen molar-refractivity contribution in [2.75, 3.05) is 20.8 Å². The van der Waals surface area contributed by atoms with Crippen molar-refractivity contribution in [2.24, 2.45) is 0 Å². The maximum Gasteiger partial charge on any atom is 0.306 e. The van der Waals surface area contributed by atoms with Gasteiger partial charge in [0.25, 0.3) is 5.91 Å². The van der Waals surface area contributed by atoms with E-state index in [-0.39, 0.29) is 17.4 Å². The zero-order chi connectivity index (χ0) is 25.3. The molecule has 4 rings (SSSR count). The molecule has 0 spiro atoms. The van der Waals surface area contributed by atoms with Crippen molar-refractivity contribution in [3.05, 3.63) is 52.5 Å². The van der Waals surface area contributed by atoms with Gasteiger partial charge in [0.2, 0.25) is 0 Å². The Balaban J connectivity index is 1.85. The van der Waals surface area contributed by atoms with Gasteiger partial charge in [-0.2, -0.15) is 0 Å². The average Bonchev–Trinajstić information content (AvgIpc) is 3.48. The lowest BCUT2D eigenvalue weighted by atomic mass is 9.92. The first-order valence-electron chi connectivity index (χ1n) is 12.1. The molecule has 186 valence electrons. The van der Waals surface area contributed by atoms with Crippen LogP contribution in [0.4, 0.5) is 0 Å². The molecule has 7 heteroatoms. The van der Waals surface area contributed by atoms with Gasteiger partial charge in [0.1, 0.15) is 11.4 Å². The number of rotatable bonds is 7. The number of fused-ring (bicyclic) bond motifs is 3. The van der Waals surface area contributed by atoms with Crippen LogP contribution in [0.15, 0.2) is 35.7 Å². The smallest absolute Gasteiger partial charge is 0.306 e. The number of carbonyl (C=O) groups is 2. The third kappa shape index (κ3) is 4.87. The molecular weight excluding hydrogens is 460 g/mol. The topological polar surface area (TPSA) is 60.8 Å². The highest BCUT2D eigenvalue weighted by Gasteiger charge is 2.31. The molecular formula is C28H34N2O4S. The van der Waals surface area contributed by atoms with Gasteiger partial charge < -0.3 is 18.9 Å². The summed E-state index contributed by atoms with van der Waals surface area (Å²) in [6.45, 7) is 9.04. The molecule has 1 amide bonds. The highest BCUT2D eigenvalue weighted by Crippen LogP contribution is 2.44. The summed E-state index contributed by atoms with van der Waals surface area (Å²) in [5.74, 6) is 0.587. The van der Waals surface area contributed by atoms with Crippen molar-refractivity contribution in [1.29, 1.82) is 0 Å². The van der Waals surface area contributed by atoms with Gasteiger partial charge in [-0.05, 0) is 81.3 Å². The average molecular weight is 495 g/mol. The van der Waals surface area contributed by atoms with Crippen LogP contribution < -0.4 is 4.74 Å². The minimum absolute atomic E-state index is 0.0149. The highest BCUT2D eigenvalue weighted by molar-refractivity contribution is 7.13. The van der Waals surface area contributed by atoms with Crippen LogP contribution in [0.25, 0.3) is 21.7 Å². The summed E-state index contributed by atoms with van der Waals surface area (Å²) in [5.41, 5.74) is 5.78. The van der Waals surface area contributed by atoms with Gasteiger partial charge in [-0.15, -0.1) is 11.3 Å². The molecule has 3 heterocycles. The first kappa shape index (κ1) is 25.0. The van der Waals surface area contributed by atoms with Gasteiger partial charge in [0.05, 0.1) is 19.4 Å². The summed E-state index contributed by atoms with van der Waals surface area (Å²) >= 11 is 1.67. The minimum Gasteiger partial charge on any atom is -0.496 e. The van der Waals surface area contributed by atoms with Crippen molar-refractivity contribution in [3.8, 4) is 27.4 Å². The Kier molecular flexibility index (Phi) is 7.08. The molecule has 0 saturated heterocycles. The van der Waals surface area contributed by atoms with Crippen LogP contribution in [0.1, 0.15) is 55.7 Å². The summed E-state index contributed by atoms with van der Waals surface area (Å²) in [4.78, 5) is 28.6. The number of aryl methyl sites for hydroxylation is 2. The summed E-state index contributed by atoms with van der Waals surface area (Å²) in [6.07, 6.45) is 1.62. The molecule has 0 bridgehead atoms. The first-order valence-corrected chi connectivity index (χ1v) is 12.9. The lowest BCUT2D eigenvalue weighted by molar-refractivity contribution is -0.143. The third-order valence-corrected chi connectivity index (χ3v) is 7.59. The van der Waals surface area contributed by atoms with Gasteiger partial charge in [-0.25, -0.2) is 0 Å². The number of esters is 1. The second kappa shape index (κ2) is 9.90. The Labute approximate surface area is 211 Å². The van der Waals surface area contributed by atoms with Crippen molar-refractivity contribution >= 4 is 23.2 Å². The van der Waals surface area contributed by atoms with Crippen molar-refractivity contribution in [1.82, 2.24) is 9.47 Å². The van der Waals surface area contributed by atoms with Gasteiger partial charge >= 0.3 is 5.97 Å². The molecule has 6 nitrogen and oxygen atoms in total. The summed E-state index contributed by atoms with van der Waals surface area (Å²) < 4.78 is 13.0. The van der Waals surface area contributed by atoms with Gasteiger partial charge in [-0.3, -0.25) is 9.59 Å². The predicted molar refractivity (Wildman–Crippen MR) is 140 cm³/mol. The van der Waals surface area contributed by atoms with Gasteiger partial charge in [0.15, 0.2) is 0 Å². The molecule has 0 atom stereocenters. The first-order chi connectivity index (χ1) is 16.7. The van der Waals surface area contributed by atoms with E-state index >= 15 is 0 Å². The Morgan fingerprint density at radius 2 is 1.94 bits per heavy atom. The lowest BCUT2D eigenvalue weighted by Crippen LogP contribution is -2.43. The second-order valence-corrected chi connectivity index (χ2v) is 10.8. The number of hydrogen-bond acceptors (Lipinski definition) is 5. The monoisotopic (exact) mass is 494 g/mol. The molecule has 1 aliphatic rings. The van der Waals surface area contributed by atoms with E-state index in [2.05, 4.69) is 28.1 Å². The number of benzene rings is 1. The molecule has 3 aromatic rings. The number of aromatic nitrogens is 1. The Hall–Kier alpha value is -3.06. The number of amides is 1. The Morgan fingerprint density at radius 3 is 2.57 bits per heavy atom. The fourth-order valence-corrected chi connectivity index (χ4v) is 5.27. The maximum atomic E-state index is 13.6. The van der Waals surface area contributed by atoms with Crippen LogP contribution in [0.5, 0.6) is 5.75 Å². The molecule has 0 radical (unpaired) electrons. The molecule has 0 unspecified atom stereocenters. The van der Waals surface area contributed by atoms with E-state index in [1.165, 1.54) is 5.56 Å². The summed E-state index contributed by atoms with van der Waals surface area (Å²) in [7, 11) is 3.53. The zero-order valence-corrected chi connectivity index (χ0v) is 22.3. The molecule has 0 aliphatic carbocycles.